The fraction of sp³-hybridized carbons (Fsp3) is 0.762. The fourth-order valence-corrected chi connectivity index (χ4v) is 8.39. The van der Waals surface area contributed by atoms with Crippen molar-refractivity contribution in [2.45, 2.75) is 62.7 Å². The van der Waals surface area contributed by atoms with E-state index in [4.69, 9.17) is 0 Å². The molecule has 1 amide bonds. The van der Waals surface area contributed by atoms with E-state index >= 15 is 0 Å². The molecule has 2 aliphatic carbocycles. The van der Waals surface area contributed by atoms with E-state index in [-0.39, 0.29) is 18.0 Å². The van der Waals surface area contributed by atoms with Gasteiger partial charge in [-0.1, -0.05) is 6.42 Å². The lowest BCUT2D eigenvalue weighted by atomic mass is 9.84. The number of nitrogens with zero attached hydrogens (tertiary/aromatic N) is 2. The zero-order chi connectivity index (χ0) is 20.8. The Morgan fingerprint density at radius 3 is 2.41 bits per heavy atom. The number of rotatable bonds is 6. The van der Waals surface area contributed by atoms with Crippen LogP contribution >= 0.6 is 11.3 Å². The van der Waals surface area contributed by atoms with Crippen LogP contribution in [0.25, 0.3) is 0 Å². The first-order valence-corrected chi connectivity index (χ1v) is 13.1. The molecular formula is C21H33N3O3S2. The summed E-state index contributed by atoms with van der Waals surface area (Å²) >= 11 is 1.32. The SMILES string of the molecule is Cc1ccc(S(=O)(=O)N2CCN([C@H](C)C(=O)N[C@H](C)[C@H]3C[C@H]4CC[C@H]3C4)CC2)s1. The van der Waals surface area contributed by atoms with Crippen molar-refractivity contribution in [2.24, 2.45) is 17.8 Å². The molecule has 29 heavy (non-hydrogen) atoms. The van der Waals surface area contributed by atoms with E-state index in [1.54, 1.807) is 10.4 Å². The van der Waals surface area contributed by atoms with Gasteiger partial charge in [-0.2, -0.15) is 4.31 Å². The first kappa shape index (κ1) is 21.3. The normalized spacial score (nSPS) is 30.4. The van der Waals surface area contributed by atoms with Crippen molar-refractivity contribution >= 4 is 27.3 Å². The van der Waals surface area contributed by atoms with Crippen molar-refractivity contribution < 1.29 is 13.2 Å². The lowest BCUT2D eigenvalue weighted by Crippen LogP contribution is -2.56. The third-order valence-electron chi connectivity index (χ3n) is 7.32. The molecule has 0 aromatic carbocycles. The van der Waals surface area contributed by atoms with Crippen LogP contribution in [0.3, 0.4) is 0 Å². The summed E-state index contributed by atoms with van der Waals surface area (Å²) in [5.41, 5.74) is 0. The zero-order valence-electron chi connectivity index (χ0n) is 17.6. The van der Waals surface area contributed by atoms with Crippen LogP contribution < -0.4 is 5.32 Å². The molecule has 1 aliphatic heterocycles. The molecule has 0 spiro atoms. The number of thiophene rings is 1. The quantitative estimate of drug-likeness (QED) is 0.740. The number of carbonyl (C=O) groups is 1. The van der Waals surface area contributed by atoms with Gasteiger partial charge < -0.3 is 5.32 Å². The summed E-state index contributed by atoms with van der Waals surface area (Å²) in [5.74, 6) is 2.37. The number of sulfonamides is 1. The summed E-state index contributed by atoms with van der Waals surface area (Å²) < 4.78 is 27.6. The van der Waals surface area contributed by atoms with Crippen molar-refractivity contribution in [1.29, 1.82) is 0 Å². The highest BCUT2D eigenvalue weighted by atomic mass is 32.2. The van der Waals surface area contributed by atoms with E-state index in [1.807, 2.05) is 19.9 Å². The van der Waals surface area contributed by atoms with Crippen LogP contribution in [0.4, 0.5) is 0 Å². The number of piperazine rings is 1. The Hall–Kier alpha value is -0.960. The number of carbonyl (C=O) groups excluding carboxylic acids is 1. The van der Waals surface area contributed by atoms with Crippen molar-refractivity contribution in [3.05, 3.63) is 17.0 Å². The van der Waals surface area contributed by atoms with E-state index < -0.39 is 10.0 Å². The molecular weight excluding hydrogens is 406 g/mol. The van der Waals surface area contributed by atoms with Gasteiger partial charge in [-0.05, 0) is 69.9 Å². The van der Waals surface area contributed by atoms with E-state index in [9.17, 15) is 13.2 Å². The van der Waals surface area contributed by atoms with Crippen LogP contribution in [0, 0.1) is 24.7 Å². The molecule has 2 bridgehead atoms. The number of hydrogen-bond acceptors (Lipinski definition) is 5. The Morgan fingerprint density at radius 2 is 1.86 bits per heavy atom. The maximum Gasteiger partial charge on any atom is 0.252 e. The molecule has 1 aromatic rings. The zero-order valence-corrected chi connectivity index (χ0v) is 19.3. The highest BCUT2D eigenvalue weighted by molar-refractivity contribution is 7.91. The molecule has 2 heterocycles. The number of nitrogens with one attached hydrogen (secondary N) is 1. The van der Waals surface area contributed by atoms with Gasteiger partial charge in [0.05, 0.1) is 6.04 Å². The van der Waals surface area contributed by atoms with E-state index in [0.717, 1.165) is 16.7 Å². The van der Waals surface area contributed by atoms with Crippen molar-refractivity contribution in [3.63, 3.8) is 0 Å². The highest BCUT2D eigenvalue weighted by Crippen LogP contribution is 2.49. The molecule has 1 N–H and O–H groups in total. The molecule has 2 saturated carbocycles. The second kappa shape index (κ2) is 8.29. The average Bonchev–Trinajstić information content (AvgIpc) is 3.44. The Kier molecular flexibility index (Phi) is 6.08. The van der Waals surface area contributed by atoms with Crippen LogP contribution in [-0.2, 0) is 14.8 Å². The molecule has 5 atom stereocenters. The number of fused-ring (bicyclic) bond motifs is 2. The van der Waals surface area contributed by atoms with Gasteiger partial charge in [0.25, 0.3) is 10.0 Å². The molecule has 4 rings (SSSR count). The van der Waals surface area contributed by atoms with Crippen molar-refractivity contribution in [2.75, 3.05) is 26.2 Å². The molecule has 0 unspecified atom stereocenters. The van der Waals surface area contributed by atoms with Crippen molar-refractivity contribution in [3.8, 4) is 0 Å². The lowest BCUT2D eigenvalue weighted by Gasteiger charge is -2.37. The monoisotopic (exact) mass is 439 g/mol. The average molecular weight is 440 g/mol. The van der Waals surface area contributed by atoms with Crippen LogP contribution in [0.2, 0.25) is 0 Å². The smallest absolute Gasteiger partial charge is 0.252 e. The standard InChI is InChI=1S/C21H33N3O3S2/c1-14-4-7-20(28-14)29(26,27)24-10-8-23(9-11-24)16(3)21(25)22-15(2)19-13-17-5-6-18(19)12-17/h4,7,15-19H,5-6,8-13H2,1-3H3,(H,22,25)/t15-,16-,17+,18+,19-/m1/s1. The second-order valence-electron chi connectivity index (χ2n) is 9.12. The summed E-state index contributed by atoms with van der Waals surface area (Å²) in [6.07, 6.45) is 5.31. The third kappa shape index (κ3) is 4.27. The molecule has 1 saturated heterocycles. The summed E-state index contributed by atoms with van der Waals surface area (Å²) in [5, 5.41) is 3.26. The largest absolute Gasteiger partial charge is 0.352 e. The van der Waals surface area contributed by atoms with Crippen LogP contribution in [0.5, 0.6) is 0 Å². The summed E-state index contributed by atoms with van der Waals surface area (Å²) in [7, 11) is -3.42. The number of aryl methyl sites for hydroxylation is 1. The molecule has 8 heteroatoms. The van der Waals surface area contributed by atoms with Gasteiger partial charge in [-0.3, -0.25) is 9.69 Å². The minimum absolute atomic E-state index is 0.0745. The maximum absolute atomic E-state index is 12.8. The second-order valence-corrected chi connectivity index (χ2v) is 12.6. The first-order chi connectivity index (χ1) is 13.8. The third-order valence-corrected chi connectivity index (χ3v) is 10.7. The van der Waals surface area contributed by atoms with Crippen LogP contribution in [0.1, 0.15) is 44.4 Å². The van der Waals surface area contributed by atoms with Gasteiger partial charge in [0.15, 0.2) is 0 Å². The fourth-order valence-electron chi connectivity index (χ4n) is 5.53. The van der Waals surface area contributed by atoms with Crippen LogP contribution in [-0.4, -0.2) is 61.8 Å². The predicted molar refractivity (Wildman–Crippen MR) is 115 cm³/mol. The Bertz CT molecular complexity index is 845. The Labute approximate surface area is 178 Å². The molecule has 1 aromatic heterocycles. The molecule has 162 valence electrons. The van der Waals surface area contributed by atoms with Gasteiger partial charge in [-0.15, -0.1) is 11.3 Å². The summed E-state index contributed by atoms with van der Waals surface area (Å²) in [4.78, 5) is 15.9. The summed E-state index contributed by atoms with van der Waals surface area (Å²) in [6, 6.07) is 3.53. The molecule has 3 fully saturated rings. The van der Waals surface area contributed by atoms with E-state index in [1.165, 1.54) is 37.0 Å². The van der Waals surface area contributed by atoms with E-state index in [0.29, 0.717) is 36.3 Å². The Balaban J connectivity index is 1.29. The summed E-state index contributed by atoms with van der Waals surface area (Å²) in [6.45, 7) is 8.04. The maximum atomic E-state index is 12.8. The number of amides is 1. The van der Waals surface area contributed by atoms with Crippen molar-refractivity contribution in [1.82, 2.24) is 14.5 Å². The van der Waals surface area contributed by atoms with E-state index in [2.05, 4.69) is 17.1 Å². The lowest BCUT2D eigenvalue weighted by molar-refractivity contribution is -0.127. The molecule has 3 aliphatic rings. The predicted octanol–water partition coefficient (Wildman–Crippen LogP) is 2.69. The Morgan fingerprint density at radius 1 is 1.14 bits per heavy atom. The molecule has 6 nitrogen and oxygen atoms in total. The van der Waals surface area contributed by atoms with Gasteiger partial charge in [0, 0.05) is 37.1 Å². The molecule has 0 radical (unpaired) electrons. The minimum atomic E-state index is -3.42. The van der Waals surface area contributed by atoms with Crippen LogP contribution in [0.15, 0.2) is 16.3 Å². The van der Waals surface area contributed by atoms with Gasteiger partial charge in [-0.25, -0.2) is 8.42 Å². The van der Waals surface area contributed by atoms with Gasteiger partial charge in [0.1, 0.15) is 4.21 Å². The van der Waals surface area contributed by atoms with Gasteiger partial charge >= 0.3 is 0 Å². The minimum Gasteiger partial charge on any atom is -0.352 e. The van der Waals surface area contributed by atoms with Gasteiger partial charge in [0.2, 0.25) is 5.91 Å². The highest BCUT2D eigenvalue weighted by Gasteiger charge is 2.42. The topological polar surface area (TPSA) is 69.7 Å². The first-order valence-electron chi connectivity index (χ1n) is 10.9. The number of hydrogen-bond donors (Lipinski definition) is 1.